The van der Waals surface area contributed by atoms with Crippen molar-refractivity contribution in [2.45, 2.75) is 40.7 Å². The maximum Gasteiger partial charge on any atom is 0.0577 e. The van der Waals surface area contributed by atoms with Crippen molar-refractivity contribution in [3.05, 3.63) is 5.92 Å². The maximum atomic E-state index is 5.44. The summed E-state index contributed by atoms with van der Waals surface area (Å²) in [4.78, 5) is 0. The fraction of sp³-hybridized carbons (Fsp3) is 0.889. The molecular weight excluding hydrogens is 124 g/mol. The number of hydrogen-bond acceptors (Lipinski definition) is 1. The van der Waals surface area contributed by atoms with Crippen molar-refractivity contribution >= 4 is 0 Å². The molecule has 0 saturated heterocycles. The van der Waals surface area contributed by atoms with Gasteiger partial charge in [-0.05, 0) is 25.7 Å². The van der Waals surface area contributed by atoms with Gasteiger partial charge in [0.25, 0.3) is 0 Å². The number of hydrogen-bond donors (Lipinski definition) is 0. The molecule has 0 aliphatic rings. The van der Waals surface area contributed by atoms with Crippen LogP contribution < -0.4 is 0 Å². The summed E-state index contributed by atoms with van der Waals surface area (Å²) in [6.07, 6.45) is 0.370. The van der Waals surface area contributed by atoms with Crippen molar-refractivity contribution < 1.29 is 4.74 Å². The lowest BCUT2D eigenvalue weighted by atomic mass is 9.93. The summed E-state index contributed by atoms with van der Waals surface area (Å²) in [7, 11) is 0. The third kappa shape index (κ3) is 3.21. The van der Waals surface area contributed by atoms with Gasteiger partial charge in [-0.3, -0.25) is 0 Å². The van der Waals surface area contributed by atoms with E-state index in [0.717, 1.165) is 6.61 Å². The van der Waals surface area contributed by atoms with Crippen molar-refractivity contribution in [2.75, 3.05) is 6.61 Å². The average molecular weight is 143 g/mol. The molecule has 0 aliphatic carbocycles. The van der Waals surface area contributed by atoms with E-state index in [4.69, 9.17) is 4.74 Å². The zero-order chi connectivity index (χ0) is 8.15. The molecule has 0 heterocycles. The predicted octanol–water partition coefficient (Wildman–Crippen LogP) is 2.66. The van der Waals surface area contributed by atoms with E-state index in [0.29, 0.717) is 12.0 Å². The van der Waals surface area contributed by atoms with Gasteiger partial charge in [0.15, 0.2) is 0 Å². The molecule has 0 aromatic rings. The number of ether oxygens (including phenoxy) is 1. The summed E-state index contributed by atoms with van der Waals surface area (Å²) in [5, 5.41) is 0. The highest BCUT2D eigenvalue weighted by Crippen LogP contribution is 2.18. The Hall–Kier alpha value is -0.0400. The molecule has 1 radical (unpaired) electrons. The zero-order valence-corrected chi connectivity index (χ0v) is 7.77. The minimum Gasteiger partial charge on any atom is -0.378 e. The molecule has 0 N–H and O–H groups in total. The molecule has 61 valence electrons. The summed E-state index contributed by atoms with van der Waals surface area (Å²) in [6, 6.07) is 0. The van der Waals surface area contributed by atoms with Crippen LogP contribution in [0.25, 0.3) is 0 Å². The van der Waals surface area contributed by atoms with Crippen molar-refractivity contribution in [2.24, 2.45) is 5.92 Å². The normalized spacial score (nSPS) is 17.4. The van der Waals surface area contributed by atoms with Crippen LogP contribution in [0.5, 0.6) is 0 Å². The first-order valence-corrected chi connectivity index (χ1v) is 4.01. The minimum absolute atomic E-state index is 0.370. The van der Waals surface area contributed by atoms with Gasteiger partial charge in [-0.25, -0.2) is 0 Å². The summed E-state index contributed by atoms with van der Waals surface area (Å²) < 4.78 is 5.44. The molecular formula is C9H19O. The molecule has 0 rings (SSSR count). The maximum absolute atomic E-state index is 5.44. The lowest BCUT2D eigenvalue weighted by Gasteiger charge is -2.22. The molecule has 2 atom stereocenters. The van der Waals surface area contributed by atoms with Gasteiger partial charge in [-0.15, -0.1) is 0 Å². The van der Waals surface area contributed by atoms with E-state index in [1.54, 1.807) is 0 Å². The first-order valence-electron chi connectivity index (χ1n) is 4.01. The van der Waals surface area contributed by atoms with Crippen LogP contribution in [0.4, 0.5) is 0 Å². The predicted molar refractivity (Wildman–Crippen MR) is 44.8 cm³/mol. The van der Waals surface area contributed by atoms with Gasteiger partial charge in [-0.1, -0.05) is 20.8 Å². The molecule has 0 bridgehead atoms. The second-order valence-corrected chi connectivity index (χ2v) is 3.03. The van der Waals surface area contributed by atoms with Crippen LogP contribution in [-0.4, -0.2) is 12.7 Å². The Morgan fingerprint density at radius 3 is 2.10 bits per heavy atom. The summed E-state index contributed by atoms with van der Waals surface area (Å²) in [5.41, 5.74) is 0. The molecule has 0 saturated carbocycles. The van der Waals surface area contributed by atoms with Crippen molar-refractivity contribution in [3.8, 4) is 0 Å². The summed E-state index contributed by atoms with van der Waals surface area (Å²) >= 11 is 0. The molecule has 2 unspecified atom stereocenters. The van der Waals surface area contributed by atoms with Gasteiger partial charge in [0.05, 0.1) is 6.10 Å². The third-order valence-electron chi connectivity index (χ3n) is 2.04. The van der Waals surface area contributed by atoms with E-state index in [-0.39, 0.29) is 0 Å². The van der Waals surface area contributed by atoms with E-state index in [1.807, 2.05) is 6.92 Å². The molecule has 0 amide bonds. The largest absolute Gasteiger partial charge is 0.378 e. The molecule has 1 nitrogen and oxygen atoms in total. The topological polar surface area (TPSA) is 9.23 Å². The first kappa shape index (κ1) is 9.96. The fourth-order valence-corrected chi connectivity index (χ4v) is 0.877. The van der Waals surface area contributed by atoms with Crippen LogP contribution in [0.15, 0.2) is 0 Å². The van der Waals surface area contributed by atoms with E-state index in [1.165, 1.54) is 5.92 Å². The van der Waals surface area contributed by atoms with Gasteiger partial charge in [-0.2, -0.15) is 0 Å². The van der Waals surface area contributed by atoms with Crippen LogP contribution in [-0.2, 0) is 4.74 Å². The van der Waals surface area contributed by atoms with Gasteiger partial charge in [0.2, 0.25) is 0 Å². The van der Waals surface area contributed by atoms with Crippen molar-refractivity contribution in [1.82, 2.24) is 0 Å². The fourth-order valence-electron chi connectivity index (χ4n) is 0.877. The third-order valence-corrected chi connectivity index (χ3v) is 2.04. The Kier molecular flexibility index (Phi) is 4.71. The molecule has 0 aliphatic heterocycles. The highest BCUT2D eigenvalue weighted by atomic mass is 16.5. The molecule has 1 heteroatoms. The molecule has 0 fully saturated rings. The average Bonchev–Trinajstić information content (AvgIpc) is 1.87. The number of rotatable bonds is 4. The van der Waals surface area contributed by atoms with E-state index in [9.17, 15) is 0 Å². The zero-order valence-electron chi connectivity index (χ0n) is 7.77. The van der Waals surface area contributed by atoms with E-state index >= 15 is 0 Å². The van der Waals surface area contributed by atoms with Gasteiger partial charge >= 0.3 is 0 Å². The molecule has 0 aromatic heterocycles. The highest BCUT2D eigenvalue weighted by Gasteiger charge is 2.15. The second kappa shape index (κ2) is 4.73. The van der Waals surface area contributed by atoms with Crippen molar-refractivity contribution in [3.63, 3.8) is 0 Å². The van der Waals surface area contributed by atoms with Crippen LogP contribution in [0.3, 0.4) is 0 Å². The van der Waals surface area contributed by atoms with E-state index in [2.05, 4.69) is 27.7 Å². The van der Waals surface area contributed by atoms with Crippen LogP contribution in [0.2, 0.25) is 0 Å². The summed E-state index contributed by atoms with van der Waals surface area (Å²) in [5.74, 6) is 2.03. The first-order chi connectivity index (χ1) is 4.59. The van der Waals surface area contributed by atoms with Crippen LogP contribution in [0, 0.1) is 11.8 Å². The monoisotopic (exact) mass is 143 g/mol. The Labute approximate surface area is 64.8 Å². The standard InChI is InChI=1S/C9H19O/c1-6-10-9(5)8(4)7(2)3/h8-9H,6H2,1-5H3. The van der Waals surface area contributed by atoms with Crippen LogP contribution in [0.1, 0.15) is 34.6 Å². The van der Waals surface area contributed by atoms with Gasteiger partial charge in [0.1, 0.15) is 0 Å². The van der Waals surface area contributed by atoms with Crippen LogP contribution >= 0.6 is 0 Å². The molecule has 0 spiro atoms. The Morgan fingerprint density at radius 1 is 1.30 bits per heavy atom. The SMILES string of the molecule is CCOC(C)C(C)[C](C)C. The Bertz CT molecular complexity index is 78.8. The second-order valence-electron chi connectivity index (χ2n) is 3.03. The molecule has 0 aromatic carbocycles. The Morgan fingerprint density at radius 2 is 1.80 bits per heavy atom. The quantitative estimate of drug-likeness (QED) is 0.588. The lowest BCUT2D eigenvalue weighted by Crippen LogP contribution is -2.21. The minimum atomic E-state index is 0.370. The van der Waals surface area contributed by atoms with E-state index < -0.39 is 0 Å². The van der Waals surface area contributed by atoms with Gasteiger partial charge < -0.3 is 4.74 Å². The van der Waals surface area contributed by atoms with Crippen molar-refractivity contribution in [1.29, 1.82) is 0 Å². The Balaban J connectivity index is 3.58. The molecule has 10 heavy (non-hydrogen) atoms. The van der Waals surface area contributed by atoms with Gasteiger partial charge in [0, 0.05) is 6.61 Å². The lowest BCUT2D eigenvalue weighted by molar-refractivity contribution is 0.0434. The smallest absolute Gasteiger partial charge is 0.0577 e. The summed E-state index contributed by atoms with van der Waals surface area (Å²) in [6.45, 7) is 11.5. The highest BCUT2D eigenvalue weighted by molar-refractivity contribution is 4.87.